The Hall–Kier alpha value is -1.92. The van der Waals surface area contributed by atoms with Gasteiger partial charge in [0.15, 0.2) is 0 Å². The Morgan fingerprint density at radius 1 is 1.05 bits per heavy atom. The number of hydrogen-bond acceptors (Lipinski definition) is 5. The Labute approximate surface area is 218 Å². The number of piperidine rings is 1. The molecule has 0 saturated carbocycles. The molecule has 2 heterocycles. The summed E-state index contributed by atoms with van der Waals surface area (Å²) in [5.74, 6) is 0. The molecule has 2 aliphatic rings. The number of alkyl halides is 6. The van der Waals surface area contributed by atoms with E-state index in [1.165, 1.54) is 0 Å². The Balaban J connectivity index is 1.65. The number of benzene rings is 1. The molecule has 13 heteroatoms. The van der Waals surface area contributed by atoms with Gasteiger partial charge in [-0.25, -0.2) is 4.79 Å². The number of likely N-dealkylation sites (N-methyl/N-ethyl adjacent to an activating group) is 1. The van der Waals surface area contributed by atoms with Crippen molar-refractivity contribution >= 4 is 23.4 Å². The summed E-state index contributed by atoms with van der Waals surface area (Å²) in [5.41, 5.74) is 1.46. The fourth-order valence-corrected chi connectivity index (χ4v) is 5.16. The fourth-order valence-electron chi connectivity index (χ4n) is 4.85. The molecule has 0 aromatic heterocycles. The molecule has 6 nitrogen and oxygen atoms in total. The number of carbonyl (C=O) groups is 1. The second-order valence-electron chi connectivity index (χ2n) is 9.89. The minimum Gasteiger partial charge on any atom is -0.426 e. The van der Waals surface area contributed by atoms with Crippen LogP contribution in [0.15, 0.2) is 18.2 Å². The third-order valence-electron chi connectivity index (χ3n) is 7.32. The largest absolute Gasteiger partial charge is 0.434 e. The minimum absolute atomic E-state index is 0.0245. The molecular formula is C24H33ClF6N4O2. The van der Waals surface area contributed by atoms with E-state index >= 15 is 0 Å². The number of anilines is 1. The molecule has 2 aliphatic heterocycles. The standard InChI is InChI=1S/C24H33ClF6N4O2/c1-4-35(16-17-6-5-7-18(19(17)25)33-14-12-32(3)13-15-33)22(2)8-10-34(11-9-22)21(36)37-20(23(26,27)28)24(29,30)31/h5-7,20H,4,8-16H2,1-3H3. The average Bonchev–Trinajstić information content (AvgIpc) is 2.81. The molecule has 0 bridgehead atoms. The highest BCUT2D eigenvalue weighted by atomic mass is 35.5. The van der Waals surface area contributed by atoms with E-state index in [-0.39, 0.29) is 13.1 Å². The number of likely N-dealkylation sites (tertiary alicyclic amines) is 1. The van der Waals surface area contributed by atoms with Crippen LogP contribution in [0.2, 0.25) is 5.02 Å². The summed E-state index contributed by atoms with van der Waals surface area (Å²) in [7, 11) is 2.07. The zero-order valence-corrected chi connectivity index (χ0v) is 21.9. The smallest absolute Gasteiger partial charge is 0.426 e. The third-order valence-corrected chi connectivity index (χ3v) is 7.76. The number of amides is 1. The lowest BCUT2D eigenvalue weighted by Gasteiger charge is -2.46. The molecule has 2 saturated heterocycles. The van der Waals surface area contributed by atoms with Crippen LogP contribution in [0.1, 0.15) is 32.3 Å². The van der Waals surface area contributed by atoms with Crippen LogP contribution in [0.25, 0.3) is 0 Å². The highest BCUT2D eigenvalue weighted by Gasteiger charge is 2.60. The van der Waals surface area contributed by atoms with Crippen LogP contribution in [0, 0.1) is 0 Å². The lowest BCUT2D eigenvalue weighted by molar-refractivity contribution is -0.308. The number of nitrogens with zero attached hydrogens (tertiary/aromatic N) is 4. The van der Waals surface area contributed by atoms with Gasteiger partial charge in [0.25, 0.3) is 6.10 Å². The molecule has 1 aromatic rings. The predicted octanol–water partition coefficient (Wildman–Crippen LogP) is 5.40. The highest BCUT2D eigenvalue weighted by molar-refractivity contribution is 6.34. The zero-order chi connectivity index (χ0) is 27.6. The second-order valence-corrected chi connectivity index (χ2v) is 10.3. The van der Waals surface area contributed by atoms with E-state index in [4.69, 9.17) is 11.6 Å². The Morgan fingerprint density at radius 3 is 2.14 bits per heavy atom. The molecule has 1 aromatic carbocycles. The summed E-state index contributed by atoms with van der Waals surface area (Å²) in [6, 6.07) is 5.91. The van der Waals surface area contributed by atoms with Crippen LogP contribution in [-0.2, 0) is 11.3 Å². The first kappa shape index (κ1) is 29.6. The molecule has 2 fully saturated rings. The first-order chi connectivity index (χ1) is 17.2. The maximum Gasteiger partial charge on any atom is 0.434 e. The molecule has 0 N–H and O–H groups in total. The van der Waals surface area contributed by atoms with Crippen LogP contribution >= 0.6 is 11.6 Å². The molecule has 0 radical (unpaired) electrons. The van der Waals surface area contributed by atoms with Crippen molar-refractivity contribution in [3.63, 3.8) is 0 Å². The van der Waals surface area contributed by atoms with Gasteiger partial charge < -0.3 is 19.4 Å². The number of halogens is 7. The van der Waals surface area contributed by atoms with E-state index in [9.17, 15) is 31.1 Å². The van der Waals surface area contributed by atoms with Gasteiger partial charge in [-0.1, -0.05) is 30.7 Å². The second kappa shape index (κ2) is 11.4. The van der Waals surface area contributed by atoms with E-state index in [1.54, 1.807) is 0 Å². The molecular weight excluding hydrogens is 526 g/mol. The SMILES string of the molecule is CCN(Cc1cccc(N2CCN(C)CC2)c1Cl)C1(C)CCN(C(=O)OC(C(F)(F)F)C(F)(F)F)CC1. The zero-order valence-electron chi connectivity index (χ0n) is 21.1. The topological polar surface area (TPSA) is 39.3 Å². The van der Waals surface area contributed by atoms with Crippen molar-refractivity contribution in [3.05, 3.63) is 28.8 Å². The van der Waals surface area contributed by atoms with Crippen LogP contribution in [0.5, 0.6) is 0 Å². The van der Waals surface area contributed by atoms with Gasteiger partial charge in [-0.2, -0.15) is 26.3 Å². The van der Waals surface area contributed by atoms with E-state index in [2.05, 4.69) is 26.5 Å². The Bertz CT molecular complexity index is 915. The van der Waals surface area contributed by atoms with Gasteiger partial charge in [0.2, 0.25) is 0 Å². The number of rotatable bonds is 6. The Morgan fingerprint density at radius 2 is 1.62 bits per heavy atom. The number of carbonyl (C=O) groups excluding carboxylic acids is 1. The summed E-state index contributed by atoms with van der Waals surface area (Å²) in [4.78, 5) is 19.7. The molecule has 210 valence electrons. The van der Waals surface area contributed by atoms with Gasteiger partial charge in [0, 0.05) is 51.4 Å². The number of piperazine rings is 1. The molecule has 0 spiro atoms. The van der Waals surface area contributed by atoms with Crippen molar-refractivity contribution in [2.24, 2.45) is 0 Å². The molecule has 0 aliphatic carbocycles. The predicted molar refractivity (Wildman–Crippen MR) is 129 cm³/mol. The van der Waals surface area contributed by atoms with Crippen LogP contribution in [0.3, 0.4) is 0 Å². The molecule has 0 unspecified atom stereocenters. The van der Waals surface area contributed by atoms with Crippen molar-refractivity contribution in [3.8, 4) is 0 Å². The number of hydrogen-bond donors (Lipinski definition) is 0. The van der Waals surface area contributed by atoms with Gasteiger partial charge in [-0.15, -0.1) is 0 Å². The van der Waals surface area contributed by atoms with E-state index in [1.807, 2.05) is 32.0 Å². The van der Waals surface area contributed by atoms with Crippen molar-refractivity contribution in [1.29, 1.82) is 0 Å². The van der Waals surface area contributed by atoms with Gasteiger partial charge in [0.05, 0.1) is 10.7 Å². The molecule has 3 rings (SSSR count). The van der Waals surface area contributed by atoms with Crippen molar-refractivity contribution in [1.82, 2.24) is 14.7 Å². The monoisotopic (exact) mass is 558 g/mol. The quantitative estimate of drug-likeness (QED) is 0.437. The lowest BCUT2D eigenvalue weighted by Crippen LogP contribution is -2.55. The van der Waals surface area contributed by atoms with Crippen molar-refractivity contribution in [2.75, 3.05) is 57.8 Å². The van der Waals surface area contributed by atoms with Gasteiger partial charge >= 0.3 is 18.4 Å². The highest BCUT2D eigenvalue weighted by Crippen LogP contribution is 2.38. The van der Waals surface area contributed by atoms with E-state index in [0.717, 1.165) is 42.3 Å². The van der Waals surface area contributed by atoms with E-state index in [0.29, 0.717) is 31.0 Å². The van der Waals surface area contributed by atoms with Crippen molar-refractivity contribution in [2.45, 2.75) is 57.2 Å². The molecule has 0 atom stereocenters. The normalized spacial score (nSPS) is 19.6. The van der Waals surface area contributed by atoms with Crippen LogP contribution in [-0.4, -0.2) is 97.6 Å². The number of ether oxygens (including phenoxy) is 1. The maximum absolute atomic E-state index is 12.8. The summed E-state index contributed by atoms with van der Waals surface area (Å²) in [6.45, 7) is 8.66. The maximum atomic E-state index is 12.8. The van der Waals surface area contributed by atoms with E-state index < -0.39 is 30.1 Å². The van der Waals surface area contributed by atoms with Gasteiger partial charge in [-0.3, -0.25) is 4.90 Å². The third kappa shape index (κ3) is 7.14. The molecule has 37 heavy (non-hydrogen) atoms. The first-order valence-corrected chi connectivity index (χ1v) is 12.6. The lowest BCUT2D eigenvalue weighted by atomic mass is 9.87. The average molecular weight is 559 g/mol. The van der Waals surface area contributed by atoms with Gasteiger partial charge in [-0.05, 0) is 45.0 Å². The summed E-state index contributed by atoms with van der Waals surface area (Å²) < 4.78 is 80.6. The van der Waals surface area contributed by atoms with Crippen molar-refractivity contribution < 1.29 is 35.9 Å². The summed E-state index contributed by atoms with van der Waals surface area (Å²) >= 11 is 6.82. The minimum atomic E-state index is -5.74. The Kier molecular flexibility index (Phi) is 9.17. The van der Waals surface area contributed by atoms with Gasteiger partial charge in [0.1, 0.15) is 0 Å². The van der Waals surface area contributed by atoms with Crippen LogP contribution < -0.4 is 4.90 Å². The molecule has 1 amide bonds. The summed E-state index contributed by atoms with van der Waals surface area (Å²) in [5, 5.41) is 0.667. The van der Waals surface area contributed by atoms with Crippen LogP contribution in [0.4, 0.5) is 36.8 Å². The summed E-state index contributed by atoms with van der Waals surface area (Å²) in [6.07, 6.45) is -16.5. The first-order valence-electron chi connectivity index (χ1n) is 12.2. The fraction of sp³-hybridized carbons (Fsp3) is 0.708.